The van der Waals surface area contributed by atoms with E-state index < -0.39 is 0 Å². The zero-order valence-electron chi connectivity index (χ0n) is 11.9. The van der Waals surface area contributed by atoms with Gasteiger partial charge in [-0.3, -0.25) is 4.90 Å². The minimum atomic E-state index is -0.0252. The highest BCUT2D eigenvalue weighted by molar-refractivity contribution is 5.85. The predicted molar refractivity (Wildman–Crippen MR) is 78.6 cm³/mol. The molecule has 3 aliphatic rings. The van der Waals surface area contributed by atoms with Crippen molar-refractivity contribution in [1.82, 2.24) is 9.88 Å². The van der Waals surface area contributed by atoms with Crippen LogP contribution in [0.5, 0.6) is 0 Å². The molecule has 0 spiro atoms. The molecule has 20 heavy (non-hydrogen) atoms. The number of H-pyrrole nitrogens is 1. The van der Waals surface area contributed by atoms with Gasteiger partial charge in [0.25, 0.3) is 0 Å². The number of aromatic nitrogens is 1. The Morgan fingerprint density at radius 1 is 1.35 bits per heavy atom. The zero-order valence-corrected chi connectivity index (χ0v) is 11.9. The number of benzene rings is 1. The van der Waals surface area contributed by atoms with E-state index in [-0.39, 0.29) is 5.72 Å². The Hall–Kier alpha value is -1.32. The summed E-state index contributed by atoms with van der Waals surface area (Å²) < 4.78 is 6.18. The minimum absolute atomic E-state index is 0.0252. The number of fused-ring (bicyclic) bond motifs is 4. The number of para-hydroxylation sites is 1. The average Bonchev–Trinajstić information content (AvgIpc) is 3.00. The van der Waals surface area contributed by atoms with Crippen molar-refractivity contribution >= 4 is 10.9 Å². The Morgan fingerprint density at radius 2 is 2.25 bits per heavy atom. The zero-order chi connectivity index (χ0) is 13.3. The van der Waals surface area contributed by atoms with E-state index in [2.05, 4.69) is 41.1 Å². The van der Waals surface area contributed by atoms with E-state index in [1.165, 1.54) is 35.9 Å². The molecule has 0 saturated carbocycles. The van der Waals surface area contributed by atoms with Crippen LogP contribution >= 0.6 is 0 Å². The second-order valence-electron chi connectivity index (χ2n) is 6.72. The summed E-state index contributed by atoms with van der Waals surface area (Å²) in [6.07, 6.45) is 4.83. The lowest BCUT2D eigenvalue weighted by Gasteiger charge is -2.48. The fourth-order valence-electron chi connectivity index (χ4n) is 4.77. The number of nitrogens with zero attached hydrogens (tertiary/aromatic N) is 1. The van der Waals surface area contributed by atoms with Crippen molar-refractivity contribution in [2.45, 2.75) is 50.4 Å². The molecular formula is C17H20N2O. The van der Waals surface area contributed by atoms with E-state index in [4.69, 9.17) is 4.74 Å². The number of rotatable bonds is 0. The lowest BCUT2D eigenvalue weighted by molar-refractivity contribution is -0.119. The Balaban J connectivity index is 1.73. The third kappa shape index (κ3) is 1.28. The van der Waals surface area contributed by atoms with Crippen molar-refractivity contribution in [3.8, 4) is 0 Å². The summed E-state index contributed by atoms with van der Waals surface area (Å²) in [5.74, 6) is 0. The molecule has 1 aromatic carbocycles. The van der Waals surface area contributed by atoms with Crippen molar-refractivity contribution < 1.29 is 4.74 Å². The largest absolute Gasteiger partial charge is 0.359 e. The third-order valence-corrected chi connectivity index (χ3v) is 5.60. The van der Waals surface area contributed by atoms with Gasteiger partial charge in [0.2, 0.25) is 0 Å². The van der Waals surface area contributed by atoms with E-state index in [0.29, 0.717) is 12.1 Å². The summed E-state index contributed by atoms with van der Waals surface area (Å²) in [5.41, 5.74) is 4.27. The molecule has 2 saturated heterocycles. The Kier molecular flexibility index (Phi) is 2.08. The normalized spacial score (nSPS) is 36.0. The SMILES string of the molecule is C[C@@]12CCC[C@H]3c4[nH]c5ccccc5c4C[C@@H](CO1)N32. The molecule has 2 aromatic rings. The van der Waals surface area contributed by atoms with Crippen LogP contribution in [0.1, 0.15) is 43.5 Å². The molecular weight excluding hydrogens is 248 g/mol. The van der Waals surface area contributed by atoms with Gasteiger partial charge in [0.05, 0.1) is 12.6 Å². The number of nitrogens with one attached hydrogen (secondary N) is 1. The van der Waals surface area contributed by atoms with Crippen LogP contribution in [-0.4, -0.2) is 28.3 Å². The second-order valence-corrected chi connectivity index (χ2v) is 6.72. The van der Waals surface area contributed by atoms with E-state index in [0.717, 1.165) is 13.0 Å². The maximum Gasteiger partial charge on any atom is 0.119 e. The van der Waals surface area contributed by atoms with Crippen molar-refractivity contribution in [3.05, 3.63) is 35.5 Å². The molecule has 1 aromatic heterocycles. The highest BCUT2D eigenvalue weighted by atomic mass is 16.5. The van der Waals surface area contributed by atoms with Crippen LogP contribution in [0.15, 0.2) is 24.3 Å². The van der Waals surface area contributed by atoms with Gasteiger partial charge in [-0.2, -0.15) is 0 Å². The van der Waals surface area contributed by atoms with Crippen molar-refractivity contribution in [1.29, 1.82) is 0 Å². The fourth-order valence-corrected chi connectivity index (χ4v) is 4.77. The van der Waals surface area contributed by atoms with Crippen molar-refractivity contribution in [2.75, 3.05) is 6.61 Å². The molecule has 0 amide bonds. The average molecular weight is 268 g/mol. The van der Waals surface area contributed by atoms with Crippen molar-refractivity contribution in [2.24, 2.45) is 0 Å². The molecule has 0 radical (unpaired) electrons. The van der Waals surface area contributed by atoms with Crippen LogP contribution in [0.25, 0.3) is 10.9 Å². The predicted octanol–water partition coefficient (Wildman–Crippen LogP) is 3.37. The minimum Gasteiger partial charge on any atom is -0.359 e. The molecule has 5 rings (SSSR count). The van der Waals surface area contributed by atoms with E-state index in [9.17, 15) is 0 Å². The van der Waals surface area contributed by atoms with Crippen LogP contribution in [0.2, 0.25) is 0 Å². The van der Waals surface area contributed by atoms with E-state index in [1.54, 1.807) is 5.56 Å². The molecule has 2 fully saturated rings. The number of ether oxygens (including phenoxy) is 1. The highest BCUT2D eigenvalue weighted by Gasteiger charge is 2.52. The Morgan fingerprint density at radius 3 is 3.20 bits per heavy atom. The smallest absolute Gasteiger partial charge is 0.119 e. The summed E-state index contributed by atoms with van der Waals surface area (Å²) in [7, 11) is 0. The third-order valence-electron chi connectivity index (χ3n) is 5.60. The first kappa shape index (κ1) is 11.4. The van der Waals surface area contributed by atoms with E-state index >= 15 is 0 Å². The van der Waals surface area contributed by atoms with E-state index in [1.807, 2.05) is 0 Å². The summed E-state index contributed by atoms with van der Waals surface area (Å²) in [5, 5.41) is 1.42. The van der Waals surface area contributed by atoms with Crippen LogP contribution in [0.3, 0.4) is 0 Å². The summed E-state index contributed by atoms with van der Waals surface area (Å²) >= 11 is 0. The molecule has 0 bridgehead atoms. The molecule has 4 heterocycles. The van der Waals surface area contributed by atoms with Gasteiger partial charge in [-0.1, -0.05) is 18.2 Å². The monoisotopic (exact) mass is 268 g/mol. The van der Waals surface area contributed by atoms with Crippen LogP contribution in [0.4, 0.5) is 0 Å². The molecule has 0 unspecified atom stereocenters. The van der Waals surface area contributed by atoms with Crippen LogP contribution < -0.4 is 0 Å². The van der Waals surface area contributed by atoms with Gasteiger partial charge in [-0.15, -0.1) is 0 Å². The van der Waals surface area contributed by atoms with Crippen LogP contribution in [0, 0.1) is 0 Å². The quantitative estimate of drug-likeness (QED) is 0.793. The molecule has 3 aliphatic heterocycles. The highest BCUT2D eigenvalue weighted by Crippen LogP contribution is 2.50. The maximum atomic E-state index is 6.18. The fraction of sp³-hybridized carbons (Fsp3) is 0.529. The first-order valence-corrected chi connectivity index (χ1v) is 7.78. The van der Waals surface area contributed by atoms with Gasteiger partial charge in [-0.25, -0.2) is 0 Å². The summed E-state index contributed by atoms with van der Waals surface area (Å²) in [4.78, 5) is 6.37. The van der Waals surface area contributed by atoms with Gasteiger partial charge >= 0.3 is 0 Å². The van der Waals surface area contributed by atoms with Gasteiger partial charge < -0.3 is 9.72 Å². The lowest BCUT2D eigenvalue weighted by Crippen LogP contribution is -2.53. The first-order chi connectivity index (χ1) is 9.76. The topological polar surface area (TPSA) is 28.3 Å². The standard InChI is InChI=1S/C17H20N2O/c1-17-8-4-7-15-16-13(9-11(10-20-17)19(15)17)12-5-2-3-6-14(12)18-16/h2-3,5-6,11,15,18H,4,7-10H2,1H3/t11-,15-,17-/m0/s1. The van der Waals surface area contributed by atoms with Crippen LogP contribution in [-0.2, 0) is 11.2 Å². The number of hydrogen-bond donors (Lipinski definition) is 1. The lowest BCUT2D eigenvalue weighted by atomic mass is 9.84. The van der Waals surface area contributed by atoms with Gasteiger partial charge in [0.1, 0.15) is 5.72 Å². The number of piperidine rings is 1. The van der Waals surface area contributed by atoms with Gasteiger partial charge in [0.15, 0.2) is 0 Å². The van der Waals surface area contributed by atoms with Gasteiger partial charge in [0, 0.05) is 22.6 Å². The maximum absolute atomic E-state index is 6.18. The Labute approximate surface area is 118 Å². The number of hydrogen-bond acceptors (Lipinski definition) is 2. The molecule has 1 N–H and O–H groups in total. The first-order valence-electron chi connectivity index (χ1n) is 7.78. The second kappa shape index (κ2) is 3.66. The summed E-state index contributed by atoms with van der Waals surface area (Å²) in [6.45, 7) is 3.18. The number of aromatic amines is 1. The Bertz CT molecular complexity index is 691. The molecule has 3 heteroatoms. The summed E-state index contributed by atoms with van der Waals surface area (Å²) in [6, 6.07) is 9.84. The molecule has 104 valence electrons. The van der Waals surface area contributed by atoms with Crippen molar-refractivity contribution in [3.63, 3.8) is 0 Å². The van der Waals surface area contributed by atoms with Gasteiger partial charge in [-0.05, 0) is 44.2 Å². The molecule has 3 atom stereocenters. The molecule has 3 nitrogen and oxygen atoms in total. The molecule has 0 aliphatic carbocycles.